The van der Waals surface area contributed by atoms with Crippen LogP contribution in [0.1, 0.15) is 17.5 Å². The molecule has 1 heterocycles. The SMILES string of the molecule is S=C(NCc1ccccc1)N1CCCN(C(=S)NCc2ccccc2)CC1. The Morgan fingerprint density at radius 2 is 1.07 bits per heavy atom. The summed E-state index contributed by atoms with van der Waals surface area (Å²) in [4.78, 5) is 4.50. The van der Waals surface area contributed by atoms with Crippen molar-refractivity contribution in [3.8, 4) is 0 Å². The molecule has 0 bridgehead atoms. The van der Waals surface area contributed by atoms with E-state index in [0.717, 1.165) is 55.9 Å². The second-order valence-electron chi connectivity index (χ2n) is 6.62. The van der Waals surface area contributed by atoms with Crippen LogP contribution in [0.4, 0.5) is 0 Å². The highest BCUT2D eigenvalue weighted by atomic mass is 32.1. The predicted octanol–water partition coefficient (Wildman–Crippen LogP) is 3.14. The van der Waals surface area contributed by atoms with E-state index in [0.29, 0.717) is 0 Å². The summed E-state index contributed by atoms with van der Waals surface area (Å²) in [7, 11) is 0. The molecular weight excluding hydrogens is 372 g/mol. The molecule has 0 atom stereocenters. The Labute approximate surface area is 172 Å². The first kappa shape index (κ1) is 19.6. The Hall–Kier alpha value is -2.18. The molecule has 2 aromatic carbocycles. The number of hydrogen-bond donors (Lipinski definition) is 2. The summed E-state index contributed by atoms with van der Waals surface area (Å²) in [5.41, 5.74) is 2.48. The predicted molar refractivity (Wildman–Crippen MR) is 120 cm³/mol. The van der Waals surface area contributed by atoms with E-state index in [1.54, 1.807) is 0 Å². The lowest BCUT2D eigenvalue weighted by Gasteiger charge is -2.26. The van der Waals surface area contributed by atoms with Crippen molar-refractivity contribution in [1.82, 2.24) is 20.4 Å². The minimum atomic E-state index is 0.761. The van der Waals surface area contributed by atoms with Gasteiger partial charge in [-0.25, -0.2) is 0 Å². The van der Waals surface area contributed by atoms with Gasteiger partial charge >= 0.3 is 0 Å². The van der Waals surface area contributed by atoms with Gasteiger partial charge in [0.25, 0.3) is 0 Å². The molecule has 0 aliphatic carbocycles. The van der Waals surface area contributed by atoms with E-state index in [1.165, 1.54) is 11.1 Å². The van der Waals surface area contributed by atoms with Crippen LogP contribution < -0.4 is 10.6 Å². The summed E-state index contributed by atoms with van der Waals surface area (Å²) >= 11 is 11.2. The maximum Gasteiger partial charge on any atom is 0.169 e. The van der Waals surface area contributed by atoms with Gasteiger partial charge in [-0.05, 0) is 42.0 Å². The Morgan fingerprint density at radius 3 is 1.48 bits per heavy atom. The van der Waals surface area contributed by atoms with Crippen molar-refractivity contribution in [1.29, 1.82) is 0 Å². The smallest absolute Gasteiger partial charge is 0.169 e. The zero-order chi connectivity index (χ0) is 18.9. The quantitative estimate of drug-likeness (QED) is 0.770. The Morgan fingerprint density at radius 1 is 0.667 bits per heavy atom. The monoisotopic (exact) mass is 398 g/mol. The highest BCUT2D eigenvalue weighted by molar-refractivity contribution is 7.80. The lowest BCUT2D eigenvalue weighted by Crippen LogP contribution is -2.44. The molecule has 1 aliphatic heterocycles. The molecule has 6 heteroatoms. The van der Waals surface area contributed by atoms with Crippen LogP contribution >= 0.6 is 24.4 Å². The minimum Gasteiger partial charge on any atom is -0.358 e. The molecular formula is C21H26N4S2. The average Bonchev–Trinajstić information content (AvgIpc) is 2.98. The fraction of sp³-hybridized carbons (Fsp3) is 0.333. The van der Waals surface area contributed by atoms with Crippen molar-refractivity contribution in [3.63, 3.8) is 0 Å². The van der Waals surface area contributed by atoms with Gasteiger partial charge in [-0.15, -0.1) is 0 Å². The first-order chi connectivity index (χ1) is 13.2. The molecule has 3 rings (SSSR count). The van der Waals surface area contributed by atoms with Gasteiger partial charge < -0.3 is 20.4 Å². The fourth-order valence-electron chi connectivity index (χ4n) is 3.09. The van der Waals surface area contributed by atoms with Crippen molar-refractivity contribution in [2.24, 2.45) is 0 Å². The molecule has 0 aromatic heterocycles. The summed E-state index contributed by atoms with van der Waals surface area (Å²) in [6.07, 6.45) is 1.04. The van der Waals surface area contributed by atoms with Crippen LogP contribution in [0.5, 0.6) is 0 Å². The van der Waals surface area contributed by atoms with Crippen LogP contribution in [-0.4, -0.2) is 46.2 Å². The van der Waals surface area contributed by atoms with E-state index in [-0.39, 0.29) is 0 Å². The molecule has 0 spiro atoms. The number of hydrogen-bond acceptors (Lipinski definition) is 2. The lowest BCUT2D eigenvalue weighted by atomic mass is 10.2. The first-order valence-electron chi connectivity index (χ1n) is 9.36. The molecule has 1 aliphatic rings. The van der Waals surface area contributed by atoms with Crippen LogP contribution in [0.3, 0.4) is 0 Å². The molecule has 1 fully saturated rings. The first-order valence-corrected chi connectivity index (χ1v) is 10.2. The normalized spacial score (nSPS) is 14.4. The number of thiocarbonyl (C=S) groups is 2. The molecule has 27 heavy (non-hydrogen) atoms. The second kappa shape index (κ2) is 10.2. The lowest BCUT2D eigenvalue weighted by molar-refractivity contribution is 0.403. The number of nitrogens with one attached hydrogen (secondary N) is 2. The van der Waals surface area contributed by atoms with Crippen LogP contribution in [0.2, 0.25) is 0 Å². The third-order valence-electron chi connectivity index (χ3n) is 4.64. The maximum absolute atomic E-state index is 5.60. The van der Waals surface area contributed by atoms with E-state index in [2.05, 4.69) is 44.7 Å². The summed E-state index contributed by atoms with van der Waals surface area (Å²) in [5.74, 6) is 0. The Bertz CT molecular complexity index is 673. The molecule has 1 saturated heterocycles. The number of benzene rings is 2. The largest absolute Gasteiger partial charge is 0.358 e. The van der Waals surface area contributed by atoms with Gasteiger partial charge in [-0.2, -0.15) is 0 Å². The van der Waals surface area contributed by atoms with E-state index in [9.17, 15) is 0 Å². The van der Waals surface area contributed by atoms with E-state index >= 15 is 0 Å². The van der Waals surface area contributed by atoms with E-state index < -0.39 is 0 Å². The van der Waals surface area contributed by atoms with E-state index in [4.69, 9.17) is 24.4 Å². The summed E-state index contributed by atoms with van der Waals surface area (Å²) in [6.45, 7) is 5.20. The van der Waals surface area contributed by atoms with Crippen molar-refractivity contribution < 1.29 is 0 Å². The second-order valence-corrected chi connectivity index (χ2v) is 7.39. The van der Waals surface area contributed by atoms with Gasteiger partial charge in [0, 0.05) is 39.3 Å². The van der Waals surface area contributed by atoms with E-state index in [1.807, 2.05) is 36.4 Å². The van der Waals surface area contributed by atoms with Crippen molar-refractivity contribution in [2.45, 2.75) is 19.5 Å². The van der Waals surface area contributed by atoms with Crippen molar-refractivity contribution >= 4 is 34.7 Å². The Kier molecular flexibility index (Phi) is 7.42. The zero-order valence-electron chi connectivity index (χ0n) is 15.4. The summed E-state index contributed by atoms with van der Waals surface area (Å²) in [5, 5.41) is 8.40. The summed E-state index contributed by atoms with van der Waals surface area (Å²) < 4.78 is 0. The highest BCUT2D eigenvalue weighted by Crippen LogP contribution is 2.06. The van der Waals surface area contributed by atoms with Crippen LogP contribution in [-0.2, 0) is 13.1 Å². The standard InChI is InChI=1S/C21H26N4S2/c26-20(22-16-18-8-3-1-4-9-18)24-12-7-13-25(15-14-24)21(27)23-17-19-10-5-2-6-11-19/h1-6,8-11H,7,12-17H2,(H,22,26)(H,23,27). The third-order valence-corrected chi connectivity index (χ3v) is 5.45. The van der Waals surface area contributed by atoms with Gasteiger partial charge in [0.2, 0.25) is 0 Å². The number of rotatable bonds is 4. The molecule has 0 unspecified atom stereocenters. The zero-order valence-corrected chi connectivity index (χ0v) is 17.1. The topological polar surface area (TPSA) is 30.5 Å². The van der Waals surface area contributed by atoms with Crippen molar-refractivity contribution in [3.05, 3.63) is 71.8 Å². The minimum absolute atomic E-state index is 0.761. The molecule has 4 nitrogen and oxygen atoms in total. The molecule has 142 valence electrons. The average molecular weight is 399 g/mol. The maximum atomic E-state index is 5.60. The van der Waals surface area contributed by atoms with Gasteiger partial charge in [0.05, 0.1) is 0 Å². The highest BCUT2D eigenvalue weighted by Gasteiger charge is 2.18. The van der Waals surface area contributed by atoms with Gasteiger partial charge in [0.1, 0.15) is 0 Å². The molecule has 2 aromatic rings. The fourth-order valence-corrected chi connectivity index (χ4v) is 3.60. The van der Waals surface area contributed by atoms with Crippen LogP contribution in [0, 0.1) is 0 Å². The van der Waals surface area contributed by atoms with Crippen LogP contribution in [0.25, 0.3) is 0 Å². The molecule has 0 saturated carbocycles. The number of nitrogens with zero attached hydrogens (tertiary/aromatic N) is 2. The third kappa shape index (κ3) is 6.19. The van der Waals surface area contributed by atoms with Crippen LogP contribution in [0.15, 0.2) is 60.7 Å². The van der Waals surface area contributed by atoms with Gasteiger partial charge in [0.15, 0.2) is 10.2 Å². The Balaban J connectivity index is 1.43. The molecule has 0 amide bonds. The van der Waals surface area contributed by atoms with Gasteiger partial charge in [-0.3, -0.25) is 0 Å². The summed E-state index contributed by atoms with van der Waals surface area (Å²) in [6, 6.07) is 20.7. The van der Waals surface area contributed by atoms with Gasteiger partial charge in [-0.1, -0.05) is 60.7 Å². The van der Waals surface area contributed by atoms with Crippen molar-refractivity contribution in [2.75, 3.05) is 26.2 Å². The molecule has 2 N–H and O–H groups in total. The molecule has 0 radical (unpaired) electrons.